The van der Waals surface area contributed by atoms with E-state index >= 15 is 0 Å². The summed E-state index contributed by atoms with van der Waals surface area (Å²) < 4.78 is 0.916. The number of nitrogens with zero attached hydrogens (tertiary/aromatic N) is 2. The number of hydrogen-bond acceptors (Lipinski definition) is 3. The molecule has 0 radical (unpaired) electrons. The number of carbonyl (C=O) groups excluding carboxylic acids is 1. The van der Waals surface area contributed by atoms with Gasteiger partial charge in [-0.15, -0.1) is 13.2 Å². The van der Waals surface area contributed by atoms with Crippen molar-refractivity contribution in [1.29, 1.82) is 5.26 Å². The minimum Gasteiger partial charge on any atom is -0.369 e. The lowest BCUT2D eigenvalue weighted by atomic mass is 10.2. The number of hydrogen-bond donors (Lipinski definition) is 1. The fourth-order valence-electron chi connectivity index (χ4n) is 1.56. The zero-order valence-electron chi connectivity index (χ0n) is 11.6. The van der Waals surface area contributed by atoms with E-state index in [-0.39, 0.29) is 5.57 Å². The summed E-state index contributed by atoms with van der Waals surface area (Å²) >= 11 is 3.32. The number of nitrogens with one attached hydrogen (secondary N) is 1. The molecule has 0 unspecified atom stereocenters. The fraction of sp³-hybridized carbons (Fsp3) is 0.125. The lowest BCUT2D eigenvalue weighted by Gasteiger charge is -2.16. The van der Waals surface area contributed by atoms with E-state index in [4.69, 9.17) is 5.26 Å². The molecule has 5 heteroatoms. The van der Waals surface area contributed by atoms with Crippen molar-refractivity contribution < 1.29 is 4.79 Å². The summed E-state index contributed by atoms with van der Waals surface area (Å²) in [5.74, 6) is -0.446. The second kappa shape index (κ2) is 8.77. The zero-order chi connectivity index (χ0) is 15.7. The number of benzene rings is 1. The molecule has 0 heterocycles. The number of carbonyl (C=O) groups is 1. The molecule has 0 saturated carbocycles. The van der Waals surface area contributed by atoms with Crippen LogP contribution in [0.15, 0.2) is 65.8 Å². The van der Waals surface area contributed by atoms with Crippen LogP contribution in [0, 0.1) is 11.3 Å². The molecule has 0 aromatic heterocycles. The third kappa shape index (κ3) is 5.67. The summed E-state index contributed by atoms with van der Waals surface area (Å²) in [7, 11) is 0. The van der Waals surface area contributed by atoms with Crippen molar-refractivity contribution in [3.05, 3.63) is 65.8 Å². The van der Waals surface area contributed by atoms with Crippen molar-refractivity contribution in [2.75, 3.05) is 18.4 Å². The molecular weight excluding hydrogens is 330 g/mol. The Kier molecular flexibility index (Phi) is 6.99. The Morgan fingerprint density at radius 2 is 1.86 bits per heavy atom. The molecule has 0 aliphatic heterocycles. The van der Waals surface area contributed by atoms with Crippen LogP contribution >= 0.6 is 15.9 Å². The summed E-state index contributed by atoms with van der Waals surface area (Å²) in [5.41, 5.74) is 0.657. The van der Waals surface area contributed by atoms with Crippen LogP contribution in [0.25, 0.3) is 0 Å². The second-order valence-corrected chi connectivity index (χ2v) is 5.06. The molecule has 0 atom stereocenters. The third-order valence-electron chi connectivity index (χ3n) is 2.51. The van der Waals surface area contributed by atoms with Gasteiger partial charge < -0.3 is 10.2 Å². The maximum atomic E-state index is 12.1. The summed E-state index contributed by atoms with van der Waals surface area (Å²) in [6, 6.07) is 9.04. The Hall–Kier alpha value is -2.32. The van der Waals surface area contributed by atoms with Gasteiger partial charge in [-0.3, -0.25) is 4.79 Å². The van der Waals surface area contributed by atoms with E-state index in [0.717, 1.165) is 4.47 Å². The predicted octanol–water partition coefficient (Wildman–Crippen LogP) is 3.47. The Balaban J connectivity index is 2.84. The Labute approximate surface area is 133 Å². The van der Waals surface area contributed by atoms with Gasteiger partial charge in [0.2, 0.25) is 0 Å². The van der Waals surface area contributed by atoms with Crippen molar-refractivity contribution in [2.24, 2.45) is 0 Å². The number of rotatable bonds is 7. The maximum Gasteiger partial charge on any atom is 0.267 e. The second-order valence-electron chi connectivity index (χ2n) is 4.15. The topological polar surface area (TPSA) is 56.1 Å². The zero-order valence-corrected chi connectivity index (χ0v) is 13.1. The Morgan fingerprint density at radius 1 is 1.29 bits per heavy atom. The predicted molar refractivity (Wildman–Crippen MR) is 88.4 cm³/mol. The average Bonchev–Trinajstić information content (AvgIpc) is 2.47. The molecule has 0 aliphatic carbocycles. The van der Waals surface area contributed by atoms with Crippen molar-refractivity contribution in [1.82, 2.24) is 4.90 Å². The van der Waals surface area contributed by atoms with Gasteiger partial charge in [0.05, 0.1) is 0 Å². The van der Waals surface area contributed by atoms with Gasteiger partial charge in [0.1, 0.15) is 11.6 Å². The highest BCUT2D eigenvalue weighted by atomic mass is 79.9. The van der Waals surface area contributed by atoms with Crippen LogP contribution in [0.1, 0.15) is 0 Å². The van der Waals surface area contributed by atoms with Gasteiger partial charge in [-0.2, -0.15) is 5.26 Å². The van der Waals surface area contributed by atoms with Crippen LogP contribution in [-0.2, 0) is 4.79 Å². The van der Waals surface area contributed by atoms with Gasteiger partial charge in [0.15, 0.2) is 0 Å². The SMILES string of the molecule is C=CCN(/C=C(/C#N)C(=O)Nc1ccc(Br)cc1)CC=C. The van der Waals surface area contributed by atoms with Crippen molar-refractivity contribution in [2.45, 2.75) is 0 Å². The summed E-state index contributed by atoms with van der Waals surface area (Å²) in [4.78, 5) is 13.9. The van der Waals surface area contributed by atoms with Gasteiger partial charge in [-0.05, 0) is 24.3 Å². The van der Waals surface area contributed by atoms with Crippen LogP contribution in [0.2, 0.25) is 0 Å². The first-order chi connectivity index (χ1) is 10.1. The van der Waals surface area contributed by atoms with Crippen LogP contribution in [0.5, 0.6) is 0 Å². The molecule has 0 saturated heterocycles. The number of anilines is 1. The van der Waals surface area contributed by atoms with Crippen molar-refractivity contribution in [3.63, 3.8) is 0 Å². The molecule has 0 bridgehead atoms. The summed E-state index contributed by atoms with van der Waals surface area (Å²) in [5, 5.41) is 11.8. The maximum absolute atomic E-state index is 12.1. The van der Waals surface area contributed by atoms with Gasteiger partial charge in [-0.25, -0.2) is 0 Å². The molecule has 1 N–H and O–H groups in total. The van der Waals surface area contributed by atoms with Crippen LogP contribution in [0.3, 0.4) is 0 Å². The first kappa shape index (κ1) is 16.7. The molecule has 0 aliphatic rings. The monoisotopic (exact) mass is 345 g/mol. The van der Waals surface area contributed by atoms with Crippen LogP contribution < -0.4 is 5.32 Å². The summed E-state index contributed by atoms with van der Waals surface area (Å²) in [6.07, 6.45) is 4.90. The molecule has 1 rings (SSSR count). The molecule has 1 aromatic rings. The highest BCUT2D eigenvalue weighted by molar-refractivity contribution is 9.10. The van der Waals surface area contributed by atoms with Crippen molar-refractivity contribution in [3.8, 4) is 6.07 Å². The molecule has 0 fully saturated rings. The minimum absolute atomic E-state index is 0.0293. The first-order valence-corrected chi connectivity index (χ1v) is 7.04. The van der Waals surface area contributed by atoms with Crippen LogP contribution in [-0.4, -0.2) is 23.9 Å². The highest BCUT2D eigenvalue weighted by Gasteiger charge is 2.10. The van der Waals surface area contributed by atoms with E-state index in [1.54, 1.807) is 29.2 Å². The molecule has 0 spiro atoms. The Morgan fingerprint density at radius 3 is 2.33 bits per heavy atom. The summed E-state index contributed by atoms with van der Waals surface area (Å²) in [6.45, 7) is 8.35. The standard InChI is InChI=1S/C16H16BrN3O/c1-3-9-20(10-4-2)12-13(11-18)16(21)19-15-7-5-14(17)6-8-15/h3-8,12H,1-2,9-10H2,(H,19,21)/b13-12-. The van der Waals surface area contributed by atoms with E-state index < -0.39 is 5.91 Å². The molecular formula is C16H16BrN3O. The van der Waals surface area contributed by atoms with Gasteiger partial charge in [0.25, 0.3) is 5.91 Å². The van der Waals surface area contributed by atoms with E-state index in [2.05, 4.69) is 34.4 Å². The van der Waals surface area contributed by atoms with Crippen LogP contribution in [0.4, 0.5) is 5.69 Å². The molecule has 1 aromatic carbocycles. The van der Waals surface area contributed by atoms with Crippen molar-refractivity contribution >= 4 is 27.5 Å². The van der Waals surface area contributed by atoms with Gasteiger partial charge in [-0.1, -0.05) is 28.1 Å². The normalized spacial score (nSPS) is 10.4. The number of amides is 1. The van der Waals surface area contributed by atoms with Gasteiger partial charge in [0, 0.05) is 29.4 Å². The smallest absolute Gasteiger partial charge is 0.267 e. The number of nitriles is 1. The number of halogens is 1. The largest absolute Gasteiger partial charge is 0.369 e. The lowest BCUT2D eigenvalue weighted by Crippen LogP contribution is -2.21. The minimum atomic E-state index is -0.446. The van der Waals surface area contributed by atoms with E-state index in [0.29, 0.717) is 18.8 Å². The molecule has 21 heavy (non-hydrogen) atoms. The molecule has 4 nitrogen and oxygen atoms in total. The Bertz CT molecular complexity index is 575. The molecule has 1 amide bonds. The first-order valence-electron chi connectivity index (χ1n) is 6.25. The van der Waals surface area contributed by atoms with E-state index in [1.165, 1.54) is 6.20 Å². The van der Waals surface area contributed by atoms with Gasteiger partial charge >= 0.3 is 0 Å². The third-order valence-corrected chi connectivity index (χ3v) is 3.03. The lowest BCUT2D eigenvalue weighted by molar-refractivity contribution is -0.112. The van der Waals surface area contributed by atoms with E-state index in [9.17, 15) is 4.79 Å². The molecule has 108 valence electrons. The fourth-order valence-corrected chi connectivity index (χ4v) is 1.83. The highest BCUT2D eigenvalue weighted by Crippen LogP contribution is 2.14. The van der Waals surface area contributed by atoms with E-state index in [1.807, 2.05) is 18.2 Å². The average molecular weight is 346 g/mol. The quantitative estimate of drug-likeness (QED) is 0.467.